The Balaban J connectivity index is 2.02. The minimum absolute atomic E-state index is 0.103. The normalized spacial score (nSPS) is 14.9. The topological polar surface area (TPSA) is 66.5 Å². The van der Waals surface area contributed by atoms with E-state index in [1.54, 1.807) is 11.3 Å². The average molecular weight is 237 g/mol. The standard InChI is InChI=1S/C10H15N5S/c1-3-8(9-5-4-6-16-9)11-7(2)10-12-14-15-13-10/h4-8,11H,3H2,1-2H3,(H,12,13,14,15). The minimum atomic E-state index is 0.103. The lowest BCUT2D eigenvalue weighted by Gasteiger charge is -2.18. The number of aromatic amines is 1. The van der Waals surface area contributed by atoms with Crippen molar-refractivity contribution in [2.75, 3.05) is 0 Å². The molecular weight excluding hydrogens is 222 g/mol. The number of aromatic nitrogens is 4. The molecule has 0 aromatic carbocycles. The fourth-order valence-electron chi connectivity index (χ4n) is 1.62. The zero-order chi connectivity index (χ0) is 11.4. The number of thiophene rings is 1. The summed E-state index contributed by atoms with van der Waals surface area (Å²) in [6.45, 7) is 4.21. The van der Waals surface area contributed by atoms with Crippen LogP contribution in [-0.4, -0.2) is 20.6 Å². The molecule has 2 N–H and O–H groups in total. The van der Waals surface area contributed by atoms with Crippen LogP contribution in [0.5, 0.6) is 0 Å². The Labute approximate surface area is 98.3 Å². The lowest BCUT2D eigenvalue weighted by Crippen LogP contribution is -2.24. The molecule has 0 bridgehead atoms. The summed E-state index contributed by atoms with van der Waals surface area (Å²) in [5.41, 5.74) is 0. The summed E-state index contributed by atoms with van der Waals surface area (Å²) in [6.07, 6.45) is 1.04. The molecule has 2 rings (SSSR count). The molecule has 0 saturated carbocycles. The molecule has 2 aromatic heterocycles. The van der Waals surface area contributed by atoms with Crippen LogP contribution in [0.3, 0.4) is 0 Å². The van der Waals surface area contributed by atoms with Crippen molar-refractivity contribution in [2.45, 2.75) is 32.4 Å². The van der Waals surface area contributed by atoms with E-state index in [0.717, 1.165) is 6.42 Å². The third-order valence-electron chi connectivity index (χ3n) is 2.50. The first-order valence-electron chi connectivity index (χ1n) is 5.34. The molecule has 2 aromatic rings. The van der Waals surface area contributed by atoms with E-state index in [2.05, 4.69) is 50.4 Å². The maximum Gasteiger partial charge on any atom is 0.191 e. The van der Waals surface area contributed by atoms with Crippen molar-refractivity contribution in [3.63, 3.8) is 0 Å². The first kappa shape index (κ1) is 11.2. The van der Waals surface area contributed by atoms with Gasteiger partial charge in [-0.3, -0.25) is 5.32 Å². The van der Waals surface area contributed by atoms with Crippen molar-refractivity contribution in [3.8, 4) is 0 Å². The molecule has 6 heteroatoms. The number of nitrogens with zero attached hydrogens (tertiary/aromatic N) is 3. The molecule has 0 fully saturated rings. The Morgan fingerprint density at radius 2 is 2.44 bits per heavy atom. The quantitative estimate of drug-likeness (QED) is 0.835. The van der Waals surface area contributed by atoms with Crippen molar-refractivity contribution in [3.05, 3.63) is 28.2 Å². The van der Waals surface area contributed by atoms with Crippen molar-refractivity contribution >= 4 is 11.3 Å². The van der Waals surface area contributed by atoms with Gasteiger partial charge in [-0.05, 0) is 24.8 Å². The van der Waals surface area contributed by atoms with Crippen LogP contribution >= 0.6 is 11.3 Å². The van der Waals surface area contributed by atoms with Crippen molar-refractivity contribution in [1.82, 2.24) is 25.9 Å². The second-order valence-corrected chi connectivity index (χ2v) is 4.61. The molecule has 0 aliphatic heterocycles. The minimum Gasteiger partial charge on any atom is -0.300 e. The van der Waals surface area contributed by atoms with E-state index in [4.69, 9.17) is 0 Å². The number of tetrazole rings is 1. The highest BCUT2D eigenvalue weighted by Gasteiger charge is 2.16. The van der Waals surface area contributed by atoms with E-state index in [0.29, 0.717) is 11.9 Å². The molecule has 0 saturated heterocycles. The Hall–Kier alpha value is -1.27. The maximum absolute atomic E-state index is 3.98. The van der Waals surface area contributed by atoms with Gasteiger partial charge in [0.1, 0.15) is 0 Å². The summed E-state index contributed by atoms with van der Waals surface area (Å²) in [7, 11) is 0. The van der Waals surface area contributed by atoms with Gasteiger partial charge in [0.2, 0.25) is 0 Å². The third kappa shape index (κ3) is 2.45. The maximum atomic E-state index is 3.98. The molecule has 2 heterocycles. The van der Waals surface area contributed by atoms with E-state index < -0.39 is 0 Å². The second kappa shape index (κ2) is 5.18. The summed E-state index contributed by atoms with van der Waals surface area (Å²) in [4.78, 5) is 1.35. The fourth-order valence-corrected chi connectivity index (χ4v) is 2.49. The van der Waals surface area contributed by atoms with Gasteiger partial charge >= 0.3 is 0 Å². The first-order chi connectivity index (χ1) is 7.81. The highest BCUT2D eigenvalue weighted by molar-refractivity contribution is 7.10. The van der Waals surface area contributed by atoms with Gasteiger partial charge in [0.15, 0.2) is 5.82 Å². The van der Waals surface area contributed by atoms with Crippen LogP contribution in [0.15, 0.2) is 17.5 Å². The van der Waals surface area contributed by atoms with E-state index in [1.165, 1.54) is 4.88 Å². The molecular formula is C10H15N5S. The van der Waals surface area contributed by atoms with Crippen LogP contribution in [0.25, 0.3) is 0 Å². The van der Waals surface area contributed by atoms with E-state index >= 15 is 0 Å². The molecule has 0 aliphatic carbocycles. The molecule has 86 valence electrons. The van der Waals surface area contributed by atoms with Crippen molar-refractivity contribution < 1.29 is 0 Å². The second-order valence-electron chi connectivity index (χ2n) is 3.63. The Morgan fingerprint density at radius 1 is 1.56 bits per heavy atom. The molecule has 0 amide bonds. The van der Waals surface area contributed by atoms with Gasteiger partial charge in [-0.2, -0.15) is 5.21 Å². The number of H-pyrrole nitrogens is 1. The van der Waals surface area contributed by atoms with Gasteiger partial charge in [0.25, 0.3) is 0 Å². The highest BCUT2D eigenvalue weighted by atomic mass is 32.1. The zero-order valence-corrected chi connectivity index (χ0v) is 10.2. The Kier molecular flexibility index (Phi) is 3.63. The van der Waals surface area contributed by atoms with Gasteiger partial charge in [-0.25, -0.2) is 0 Å². The van der Waals surface area contributed by atoms with Gasteiger partial charge in [-0.15, -0.1) is 21.5 Å². The summed E-state index contributed by atoms with van der Waals surface area (Å²) >= 11 is 1.77. The molecule has 5 nitrogen and oxygen atoms in total. The number of hydrogen-bond donors (Lipinski definition) is 2. The van der Waals surface area contributed by atoms with E-state index in [-0.39, 0.29) is 6.04 Å². The fraction of sp³-hybridized carbons (Fsp3) is 0.500. The van der Waals surface area contributed by atoms with Crippen LogP contribution in [0.2, 0.25) is 0 Å². The van der Waals surface area contributed by atoms with Crippen LogP contribution in [-0.2, 0) is 0 Å². The predicted molar refractivity (Wildman–Crippen MR) is 63.1 cm³/mol. The Bertz CT molecular complexity index is 397. The van der Waals surface area contributed by atoms with Gasteiger partial charge in [0.05, 0.1) is 6.04 Å². The van der Waals surface area contributed by atoms with Gasteiger partial charge in [-0.1, -0.05) is 18.2 Å². The van der Waals surface area contributed by atoms with Crippen molar-refractivity contribution in [1.29, 1.82) is 0 Å². The predicted octanol–water partition coefficient (Wildman–Crippen LogP) is 2.06. The van der Waals surface area contributed by atoms with Gasteiger partial charge in [0, 0.05) is 10.9 Å². The van der Waals surface area contributed by atoms with E-state index in [9.17, 15) is 0 Å². The SMILES string of the molecule is CCC(NC(C)c1nn[nH]n1)c1cccs1. The van der Waals surface area contributed by atoms with Crippen LogP contribution in [0, 0.1) is 0 Å². The molecule has 2 atom stereocenters. The van der Waals surface area contributed by atoms with Crippen LogP contribution < -0.4 is 5.32 Å². The number of rotatable bonds is 5. The first-order valence-corrected chi connectivity index (χ1v) is 6.22. The monoisotopic (exact) mass is 237 g/mol. The summed E-state index contributed by atoms with van der Waals surface area (Å²) in [5.74, 6) is 0.704. The summed E-state index contributed by atoms with van der Waals surface area (Å²) in [6, 6.07) is 4.68. The third-order valence-corrected chi connectivity index (χ3v) is 3.48. The molecule has 0 spiro atoms. The number of nitrogens with one attached hydrogen (secondary N) is 2. The highest BCUT2D eigenvalue weighted by Crippen LogP contribution is 2.24. The van der Waals surface area contributed by atoms with E-state index in [1.807, 2.05) is 6.92 Å². The van der Waals surface area contributed by atoms with Crippen LogP contribution in [0.1, 0.15) is 43.1 Å². The molecule has 0 radical (unpaired) electrons. The average Bonchev–Trinajstić information content (AvgIpc) is 2.96. The largest absolute Gasteiger partial charge is 0.300 e. The molecule has 2 unspecified atom stereocenters. The Morgan fingerprint density at radius 3 is 3.00 bits per heavy atom. The molecule has 16 heavy (non-hydrogen) atoms. The van der Waals surface area contributed by atoms with Crippen molar-refractivity contribution in [2.24, 2.45) is 0 Å². The summed E-state index contributed by atoms with van der Waals surface area (Å²) < 4.78 is 0. The summed E-state index contributed by atoms with van der Waals surface area (Å²) in [5, 5.41) is 19.6. The lowest BCUT2D eigenvalue weighted by molar-refractivity contribution is 0.447. The smallest absolute Gasteiger partial charge is 0.191 e. The van der Waals surface area contributed by atoms with Crippen LogP contribution in [0.4, 0.5) is 0 Å². The molecule has 0 aliphatic rings. The zero-order valence-electron chi connectivity index (χ0n) is 9.34. The van der Waals surface area contributed by atoms with Gasteiger partial charge < -0.3 is 0 Å². The lowest BCUT2D eigenvalue weighted by atomic mass is 10.1. The number of hydrogen-bond acceptors (Lipinski definition) is 5.